The quantitative estimate of drug-likeness (QED) is 0.737. The standard InChI is InChI=1S/C13H26N2O2/c1-10-8-11(2)15(9-10)7-6-13(3,14-4)12(16)17-5/h10-11,14H,6-9H2,1-5H3. The number of likely N-dealkylation sites (tertiary alicyclic amines) is 1. The van der Waals surface area contributed by atoms with E-state index < -0.39 is 5.54 Å². The predicted molar refractivity (Wildman–Crippen MR) is 68.9 cm³/mol. The van der Waals surface area contributed by atoms with Crippen molar-refractivity contribution in [2.24, 2.45) is 5.92 Å². The Kier molecular flexibility index (Phi) is 4.95. The summed E-state index contributed by atoms with van der Waals surface area (Å²) in [5.74, 6) is 0.587. The first-order valence-corrected chi connectivity index (χ1v) is 6.44. The molecule has 1 aliphatic rings. The van der Waals surface area contributed by atoms with Gasteiger partial charge >= 0.3 is 5.97 Å². The lowest BCUT2D eigenvalue weighted by Crippen LogP contribution is -2.50. The molecule has 3 unspecified atom stereocenters. The molecule has 1 aliphatic heterocycles. The molecule has 0 spiro atoms. The molecule has 100 valence electrons. The molecule has 1 fully saturated rings. The lowest BCUT2D eigenvalue weighted by atomic mass is 9.98. The molecule has 0 aromatic heterocycles. The molecule has 3 atom stereocenters. The van der Waals surface area contributed by atoms with Crippen LogP contribution in [-0.2, 0) is 9.53 Å². The first kappa shape index (κ1) is 14.5. The first-order chi connectivity index (χ1) is 7.92. The maximum Gasteiger partial charge on any atom is 0.325 e. The van der Waals surface area contributed by atoms with E-state index in [9.17, 15) is 4.79 Å². The molecular formula is C13H26N2O2. The van der Waals surface area contributed by atoms with Gasteiger partial charge in [0.25, 0.3) is 0 Å². The Labute approximate surface area is 105 Å². The van der Waals surface area contributed by atoms with Crippen LogP contribution >= 0.6 is 0 Å². The fourth-order valence-corrected chi connectivity index (χ4v) is 2.62. The van der Waals surface area contributed by atoms with E-state index in [1.807, 2.05) is 14.0 Å². The highest BCUT2D eigenvalue weighted by Crippen LogP contribution is 2.23. The van der Waals surface area contributed by atoms with Crippen molar-refractivity contribution < 1.29 is 9.53 Å². The summed E-state index contributed by atoms with van der Waals surface area (Å²) in [6.07, 6.45) is 2.04. The average Bonchev–Trinajstić information content (AvgIpc) is 2.63. The number of hydrogen-bond acceptors (Lipinski definition) is 4. The summed E-state index contributed by atoms with van der Waals surface area (Å²) in [5, 5.41) is 3.08. The molecule has 0 aromatic rings. The van der Waals surface area contributed by atoms with E-state index in [0.717, 1.165) is 25.4 Å². The number of carbonyl (C=O) groups excluding carboxylic acids is 1. The van der Waals surface area contributed by atoms with Crippen LogP contribution in [-0.4, -0.2) is 49.7 Å². The van der Waals surface area contributed by atoms with Crippen LogP contribution in [0.1, 0.15) is 33.6 Å². The maximum absolute atomic E-state index is 11.7. The Balaban J connectivity index is 2.50. The molecule has 4 nitrogen and oxygen atoms in total. The van der Waals surface area contributed by atoms with Crippen LogP contribution in [0, 0.1) is 5.92 Å². The van der Waals surface area contributed by atoms with E-state index in [2.05, 4.69) is 24.1 Å². The molecule has 0 aliphatic carbocycles. The molecule has 4 heteroatoms. The summed E-state index contributed by atoms with van der Waals surface area (Å²) in [6, 6.07) is 0.628. The molecule has 0 amide bonds. The van der Waals surface area contributed by atoms with Gasteiger partial charge in [0.1, 0.15) is 5.54 Å². The number of nitrogens with zero attached hydrogens (tertiary/aromatic N) is 1. The number of rotatable bonds is 5. The highest BCUT2D eigenvalue weighted by atomic mass is 16.5. The zero-order valence-corrected chi connectivity index (χ0v) is 11.7. The minimum atomic E-state index is -0.569. The van der Waals surface area contributed by atoms with Gasteiger partial charge in [-0.05, 0) is 39.7 Å². The minimum absolute atomic E-state index is 0.181. The summed E-state index contributed by atoms with van der Waals surface area (Å²) in [7, 11) is 3.26. The van der Waals surface area contributed by atoms with E-state index in [-0.39, 0.29) is 5.97 Å². The van der Waals surface area contributed by atoms with Crippen LogP contribution in [0.5, 0.6) is 0 Å². The summed E-state index contributed by atoms with van der Waals surface area (Å²) in [6.45, 7) is 8.54. The Morgan fingerprint density at radius 2 is 2.18 bits per heavy atom. The van der Waals surface area contributed by atoms with Gasteiger partial charge < -0.3 is 15.0 Å². The third-order valence-electron chi connectivity index (χ3n) is 4.00. The monoisotopic (exact) mass is 242 g/mol. The van der Waals surface area contributed by atoms with Gasteiger partial charge in [-0.2, -0.15) is 0 Å². The van der Waals surface area contributed by atoms with Gasteiger partial charge in [0.05, 0.1) is 7.11 Å². The predicted octanol–water partition coefficient (Wildman–Crippen LogP) is 1.26. The lowest BCUT2D eigenvalue weighted by Gasteiger charge is -2.30. The fraction of sp³-hybridized carbons (Fsp3) is 0.923. The zero-order chi connectivity index (χ0) is 13.1. The molecule has 0 saturated carbocycles. The minimum Gasteiger partial charge on any atom is -0.468 e. The van der Waals surface area contributed by atoms with Crippen LogP contribution in [0.3, 0.4) is 0 Å². The van der Waals surface area contributed by atoms with Gasteiger partial charge in [-0.3, -0.25) is 4.79 Å². The van der Waals surface area contributed by atoms with E-state index in [4.69, 9.17) is 4.74 Å². The zero-order valence-electron chi connectivity index (χ0n) is 11.7. The van der Waals surface area contributed by atoms with Crippen molar-refractivity contribution in [2.45, 2.75) is 45.2 Å². The number of likely N-dealkylation sites (N-methyl/N-ethyl adjacent to an activating group) is 1. The topological polar surface area (TPSA) is 41.6 Å². The molecule has 0 aromatic carbocycles. The summed E-state index contributed by atoms with van der Waals surface area (Å²) in [4.78, 5) is 14.2. The smallest absolute Gasteiger partial charge is 0.325 e. The van der Waals surface area contributed by atoms with Crippen molar-refractivity contribution in [1.29, 1.82) is 0 Å². The number of nitrogens with one attached hydrogen (secondary N) is 1. The van der Waals surface area contributed by atoms with Crippen molar-refractivity contribution >= 4 is 5.97 Å². The third kappa shape index (κ3) is 3.42. The van der Waals surface area contributed by atoms with Crippen molar-refractivity contribution in [3.05, 3.63) is 0 Å². The largest absolute Gasteiger partial charge is 0.468 e. The van der Waals surface area contributed by atoms with Crippen LogP contribution in [0.15, 0.2) is 0 Å². The first-order valence-electron chi connectivity index (χ1n) is 6.44. The second-order valence-corrected chi connectivity index (χ2v) is 5.51. The number of ether oxygens (including phenoxy) is 1. The lowest BCUT2D eigenvalue weighted by molar-refractivity contribution is -0.148. The Morgan fingerprint density at radius 1 is 1.53 bits per heavy atom. The van der Waals surface area contributed by atoms with Crippen molar-refractivity contribution in [2.75, 3.05) is 27.2 Å². The molecule has 17 heavy (non-hydrogen) atoms. The van der Waals surface area contributed by atoms with Crippen molar-refractivity contribution in [1.82, 2.24) is 10.2 Å². The molecule has 1 saturated heterocycles. The van der Waals surface area contributed by atoms with Crippen LogP contribution in [0.25, 0.3) is 0 Å². The molecular weight excluding hydrogens is 216 g/mol. The van der Waals surface area contributed by atoms with Crippen molar-refractivity contribution in [3.63, 3.8) is 0 Å². The maximum atomic E-state index is 11.7. The van der Waals surface area contributed by atoms with E-state index in [0.29, 0.717) is 6.04 Å². The second kappa shape index (κ2) is 5.83. The van der Waals surface area contributed by atoms with E-state index in [1.54, 1.807) is 0 Å². The van der Waals surface area contributed by atoms with E-state index >= 15 is 0 Å². The summed E-state index contributed by atoms with van der Waals surface area (Å²) in [5.41, 5.74) is -0.569. The summed E-state index contributed by atoms with van der Waals surface area (Å²) < 4.78 is 4.85. The normalized spacial score (nSPS) is 29.0. The summed E-state index contributed by atoms with van der Waals surface area (Å²) >= 11 is 0. The number of carbonyl (C=O) groups is 1. The van der Waals surface area contributed by atoms with Crippen LogP contribution in [0.2, 0.25) is 0 Å². The van der Waals surface area contributed by atoms with Crippen molar-refractivity contribution in [3.8, 4) is 0 Å². The van der Waals surface area contributed by atoms with Gasteiger partial charge in [-0.25, -0.2) is 0 Å². The van der Waals surface area contributed by atoms with Crippen LogP contribution in [0.4, 0.5) is 0 Å². The number of hydrogen-bond donors (Lipinski definition) is 1. The molecule has 1 rings (SSSR count). The van der Waals surface area contributed by atoms with Gasteiger partial charge in [-0.15, -0.1) is 0 Å². The van der Waals surface area contributed by atoms with Gasteiger partial charge in [0.15, 0.2) is 0 Å². The highest BCUT2D eigenvalue weighted by Gasteiger charge is 2.34. The molecule has 0 radical (unpaired) electrons. The van der Waals surface area contributed by atoms with Crippen LogP contribution < -0.4 is 5.32 Å². The number of methoxy groups -OCH3 is 1. The Hall–Kier alpha value is -0.610. The SMILES string of the molecule is CNC(C)(CCN1CC(C)CC1C)C(=O)OC. The Bertz CT molecular complexity index is 270. The number of esters is 1. The molecule has 0 bridgehead atoms. The molecule has 1 N–H and O–H groups in total. The third-order valence-corrected chi connectivity index (χ3v) is 4.00. The van der Waals surface area contributed by atoms with Gasteiger partial charge in [0, 0.05) is 19.1 Å². The second-order valence-electron chi connectivity index (χ2n) is 5.51. The van der Waals surface area contributed by atoms with Gasteiger partial charge in [-0.1, -0.05) is 6.92 Å². The fourth-order valence-electron chi connectivity index (χ4n) is 2.62. The van der Waals surface area contributed by atoms with Gasteiger partial charge in [0.2, 0.25) is 0 Å². The van der Waals surface area contributed by atoms with E-state index in [1.165, 1.54) is 13.5 Å². The highest BCUT2D eigenvalue weighted by molar-refractivity contribution is 5.80. The molecule has 1 heterocycles. The average molecular weight is 242 g/mol. The Morgan fingerprint density at radius 3 is 2.59 bits per heavy atom.